The highest BCUT2D eigenvalue weighted by Gasteiger charge is 2.07. The van der Waals surface area contributed by atoms with E-state index in [0.29, 0.717) is 5.56 Å². The molecular formula is C11H14F2N2O3S. The molecule has 0 saturated carbocycles. The monoisotopic (exact) mass is 292 g/mol. The SMILES string of the molecule is NS(=O)(=O)CCCNC(=O)Cc1ccc(F)c(F)c1. The molecule has 106 valence electrons. The molecule has 0 saturated heterocycles. The molecule has 1 rings (SSSR count). The average molecular weight is 292 g/mol. The van der Waals surface area contributed by atoms with Gasteiger partial charge in [0.15, 0.2) is 11.6 Å². The first kappa shape index (κ1) is 15.5. The summed E-state index contributed by atoms with van der Waals surface area (Å²) in [6.45, 7) is 0.152. The normalized spacial score (nSPS) is 11.3. The Morgan fingerprint density at radius 2 is 1.95 bits per heavy atom. The van der Waals surface area contributed by atoms with Crippen molar-refractivity contribution in [3.8, 4) is 0 Å². The second kappa shape index (κ2) is 6.58. The van der Waals surface area contributed by atoms with Crippen LogP contribution in [0.3, 0.4) is 0 Å². The first-order valence-electron chi connectivity index (χ1n) is 5.49. The van der Waals surface area contributed by atoms with Crippen LogP contribution in [-0.4, -0.2) is 26.6 Å². The van der Waals surface area contributed by atoms with E-state index in [4.69, 9.17) is 5.14 Å². The Kier molecular flexibility index (Phi) is 5.37. The highest BCUT2D eigenvalue weighted by molar-refractivity contribution is 7.89. The zero-order valence-corrected chi connectivity index (χ0v) is 10.8. The Bertz CT molecular complexity index is 561. The number of carbonyl (C=O) groups excluding carboxylic acids is 1. The van der Waals surface area contributed by atoms with Gasteiger partial charge in [-0.3, -0.25) is 4.79 Å². The summed E-state index contributed by atoms with van der Waals surface area (Å²) in [5, 5.41) is 7.25. The minimum Gasteiger partial charge on any atom is -0.356 e. The van der Waals surface area contributed by atoms with Gasteiger partial charge in [0.25, 0.3) is 0 Å². The number of nitrogens with two attached hydrogens (primary N) is 1. The van der Waals surface area contributed by atoms with Crippen LogP contribution in [0, 0.1) is 11.6 Å². The molecule has 8 heteroatoms. The summed E-state index contributed by atoms with van der Waals surface area (Å²) in [6, 6.07) is 3.19. The number of carbonyl (C=O) groups is 1. The lowest BCUT2D eigenvalue weighted by molar-refractivity contribution is -0.120. The Balaban J connectivity index is 2.37. The Hall–Kier alpha value is -1.54. The summed E-state index contributed by atoms with van der Waals surface area (Å²) >= 11 is 0. The summed E-state index contributed by atoms with van der Waals surface area (Å²) in [5.74, 6) is -2.62. The van der Waals surface area contributed by atoms with E-state index in [0.717, 1.165) is 12.1 Å². The largest absolute Gasteiger partial charge is 0.356 e. The van der Waals surface area contributed by atoms with E-state index in [2.05, 4.69) is 5.32 Å². The van der Waals surface area contributed by atoms with Gasteiger partial charge in [-0.05, 0) is 24.1 Å². The molecule has 0 aliphatic carbocycles. The first-order chi connectivity index (χ1) is 8.78. The lowest BCUT2D eigenvalue weighted by Gasteiger charge is -2.05. The Morgan fingerprint density at radius 3 is 2.53 bits per heavy atom. The molecule has 0 bridgehead atoms. The molecule has 0 aliphatic heterocycles. The van der Waals surface area contributed by atoms with Crippen molar-refractivity contribution in [2.45, 2.75) is 12.8 Å². The van der Waals surface area contributed by atoms with Crippen molar-refractivity contribution in [3.63, 3.8) is 0 Å². The zero-order valence-electron chi connectivity index (χ0n) is 10.0. The van der Waals surface area contributed by atoms with Gasteiger partial charge in [0.1, 0.15) is 0 Å². The number of sulfonamides is 1. The zero-order chi connectivity index (χ0) is 14.5. The molecule has 1 aromatic rings. The van der Waals surface area contributed by atoms with Crippen molar-refractivity contribution < 1.29 is 22.0 Å². The summed E-state index contributed by atoms with van der Waals surface area (Å²) < 4.78 is 46.8. The molecule has 0 atom stereocenters. The van der Waals surface area contributed by atoms with Crippen LogP contribution < -0.4 is 10.5 Å². The minimum atomic E-state index is -3.53. The van der Waals surface area contributed by atoms with Crippen LogP contribution in [0.4, 0.5) is 8.78 Å². The maximum atomic E-state index is 12.9. The fourth-order valence-corrected chi connectivity index (χ4v) is 1.95. The Morgan fingerprint density at radius 1 is 1.26 bits per heavy atom. The van der Waals surface area contributed by atoms with Crippen molar-refractivity contribution in [2.75, 3.05) is 12.3 Å². The predicted octanol–water partition coefficient (Wildman–Crippen LogP) is 0.302. The number of nitrogens with one attached hydrogen (secondary N) is 1. The third-order valence-corrected chi connectivity index (χ3v) is 3.13. The van der Waals surface area contributed by atoms with E-state index in [1.807, 2.05) is 0 Å². The maximum Gasteiger partial charge on any atom is 0.224 e. The van der Waals surface area contributed by atoms with E-state index in [-0.39, 0.29) is 25.1 Å². The fraction of sp³-hybridized carbons (Fsp3) is 0.364. The minimum absolute atomic E-state index is 0.105. The number of primary sulfonamides is 1. The number of halogens is 2. The van der Waals surface area contributed by atoms with Crippen LogP contribution in [0.25, 0.3) is 0 Å². The number of amides is 1. The van der Waals surface area contributed by atoms with Crippen LogP contribution in [0.2, 0.25) is 0 Å². The van der Waals surface area contributed by atoms with Gasteiger partial charge in [-0.15, -0.1) is 0 Å². The van der Waals surface area contributed by atoms with Gasteiger partial charge in [0.05, 0.1) is 12.2 Å². The summed E-state index contributed by atoms with van der Waals surface area (Å²) in [4.78, 5) is 11.4. The van der Waals surface area contributed by atoms with Crippen LogP contribution in [0.5, 0.6) is 0 Å². The second-order valence-electron chi connectivity index (χ2n) is 4.00. The van der Waals surface area contributed by atoms with Crippen molar-refractivity contribution in [2.24, 2.45) is 5.14 Å². The molecule has 0 radical (unpaired) electrons. The third kappa shape index (κ3) is 6.25. The van der Waals surface area contributed by atoms with Crippen molar-refractivity contribution in [3.05, 3.63) is 35.4 Å². The Labute approximate surface area is 109 Å². The topological polar surface area (TPSA) is 89.3 Å². The molecule has 0 spiro atoms. The van der Waals surface area contributed by atoms with E-state index < -0.39 is 27.6 Å². The average Bonchev–Trinajstić information content (AvgIpc) is 2.28. The van der Waals surface area contributed by atoms with E-state index in [1.54, 1.807) is 0 Å². The van der Waals surface area contributed by atoms with Gasteiger partial charge < -0.3 is 5.32 Å². The van der Waals surface area contributed by atoms with E-state index in [1.165, 1.54) is 6.07 Å². The molecule has 0 unspecified atom stereocenters. The lowest BCUT2D eigenvalue weighted by atomic mass is 10.1. The number of hydrogen-bond acceptors (Lipinski definition) is 3. The summed E-state index contributed by atoms with van der Waals surface area (Å²) in [7, 11) is -3.53. The molecular weight excluding hydrogens is 278 g/mol. The van der Waals surface area contributed by atoms with Gasteiger partial charge >= 0.3 is 0 Å². The summed E-state index contributed by atoms with van der Waals surface area (Å²) in [5.41, 5.74) is 0.336. The highest BCUT2D eigenvalue weighted by Crippen LogP contribution is 2.09. The molecule has 19 heavy (non-hydrogen) atoms. The van der Waals surface area contributed by atoms with Gasteiger partial charge in [0, 0.05) is 6.54 Å². The van der Waals surface area contributed by atoms with E-state index >= 15 is 0 Å². The molecule has 3 N–H and O–H groups in total. The molecule has 0 aliphatic rings. The third-order valence-electron chi connectivity index (χ3n) is 2.28. The van der Waals surface area contributed by atoms with Crippen LogP contribution in [0.15, 0.2) is 18.2 Å². The van der Waals surface area contributed by atoms with Gasteiger partial charge in [-0.25, -0.2) is 22.3 Å². The van der Waals surface area contributed by atoms with Crippen molar-refractivity contribution >= 4 is 15.9 Å². The quantitative estimate of drug-likeness (QED) is 0.739. The molecule has 1 amide bonds. The van der Waals surface area contributed by atoms with E-state index in [9.17, 15) is 22.0 Å². The highest BCUT2D eigenvalue weighted by atomic mass is 32.2. The van der Waals surface area contributed by atoms with Crippen molar-refractivity contribution in [1.82, 2.24) is 5.32 Å². The fourth-order valence-electron chi connectivity index (χ4n) is 1.40. The molecule has 5 nitrogen and oxygen atoms in total. The van der Waals surface area contributed by atoms with Gasteiger partial charge in [-0.2, -0.15) is 0 Å². The number of rotatable bonds is 6. The first-order valence-corrected chi connectivity index (χ1v) is 7.20. The molecule has 0 heterocycles. The lowest BCUT2D eigenvalue weighted by Crippen LogP contribution is -2.28. The van der Waals surface area contributed by atoms with Crippen LogP contribution in [0.1, 0.15) is 12.0 Å². The molecule has 1 aromatic carbocycles. The number of benzene rings is 1. The molecule has 0 fully saturated rings. The second-order valence-corrected chi connectivity index (χ2v) is 5.73. The summed E-state index contributed by atoms with van der Waals surface area (Å²) in [6.07, 6.45) is 0.0922. The van der Waals surface area contributed by atoms with Crippen LogP contribution in [-0.2, 0) is 21.2 Å². The molecule has 0 aromatic heterocycles. The standard InChI is InChI=1S/C11H14F2N2O3S/c12-9-3-2-8(6-10(9)13)7-11(16)15-4-1-5-19(14,17)18/h2-3,6H,1,4-5,7H2,(H,15,16)(H2,14,17,18). The van der Waals surface area contributed by atoms with Gasteiger partial charge in [-0.1, -0.05) is 6.07 Å². The predicted molar refractivity (Wildman–Crippen MR) is 65.7 cm³/mol. The maximum absolute atomic E-state index is 12.9. The van der Waals surface area contributed by atoms with Crippen LogP contribution >= 0.6 is 0 Å². The van der Waals surface area contributed by atoms with Gasteiger partial charge in [0.2, 0.25) is 15.9 Å². The van der Waals surface area contributed by atoms with Crippen molar-refractivity contribution in [1.29, 1.82) is 0 Å². The smallest absolute Gasteiger partial charge is 0.224 e. The number of hydrogen-bond donors (Lipinski definition) is 2.